The predicted octanol–water partition coefficient (Wildman–Crippen LogP) is 4.13. The third-order valence-corrected chi connectivity index (χ3v) is 6.52. The molecule has 1 saturated heterocycles. The first-order chi connectivity index (χ1) is 10.1. The van der Waals surface area contributed by atoms with E-state index in [1.54, 1.807) is 0 Å². The normalized spacial score (nSPS) is 27.4. The molecule has 2 heterocycles. The summed E-state index contributed by atoms with van der Waals surface area (Å²) in [7, 11) is 0. The highest BCUT2D eigenvalue weighted by Crippen LogP contribution is 2.31. The van der Waals surface area contributed by atoms with E-state index in [2.05, 4.69) is 20.8 Å². The highest BCUT2D eigenvalue weighted by atomic mass is 79.9. The number of halogens is 2. The number of hydrogen-bond acceptors (Lipinski definition) is 4. The smallest absolute Gasteiger partial charge is 0.175 e. The molecule has 1 aliphatic heterocycles. The van der Waals surface area contributed by atoms with Crippen LogP contribution < -0.4 is 0 Å². The maximum absolute atomic E-state index is 12.5. The minimum absolute atomic E-state index is 0. The van der Waals surface area contributed by atoms with Gasteiger partial charge in [-0.3, -0.25) is 9.69 Å². The Morgan fingerprint density at radius 3 is 2.45 bits per heavy atom. The lowest BCUT2D eigenvalue weighted by atomic mass is 9.87. The summed E-state index contributed by atoms with van der Waals surface area (Å²) in [5.41, 5.74) is 0. The van der Waals surface area contributed by atoms with E-state index in [4.69, 9.17) is 0 Å². The largest absolute Gasteiger partial charge is 0.391 e. The van der Waals surface area contributed by atoms with Crippen molar-refractivity contribution in [3.8, 4) is 0 Å². The Hall–Kier alpha value is 0.0600. The van der Waals surface area contributed by atoms with Gasteiger partial charge in [0.1, 0.15) is 0 Å². The van der Waals surface area contributed by atoms with Gasteiger partial charge in [0.05, 0.1) is 14.8 Å². The van der Waals surface area contributed by atoms with E-state index in [1.807, 2.05) is 12.1 Å². The predicted molar refractivity (Wildman–Crippen MR) is 96.2 cm³/mol. The number of piperidine rings is 1. The number of rotatable bonds is 3. The molecule has 0 aromatic carbocycles. The third-order valence-electron chi connectivity index (χ3n) is 4.88. The van der Waals surface area contributed by atoms with Gasteiger partial charge in [0.25, 0.3) is 0 Å². The van der Waals surface area contributed by atoms with Gasteiger partial charge in [0.2, 0.25) is 0 Å². The second-order valence-electron chi connectivity index (χ2n) is 6.20. The van der Waals surface area contributed by atoms with Crippen LogP contribution in [0.15, 0.2) is 15.9 Å². The van der Waals surface area contributed by atoms with Gasteiger partial charge in [0, 0.05) is 12.0 Å². The third kappa shape index (κ3) is 4.12. The number of hydrogen-bond donors (Lipinski definition) is 1. The second-order valence-corrected chi connectivity index (χ2v) is 8.66. The Morgan fingerprint density at radius 1 is 1.18 bits per heavy atom. The zero-order valence-electron chi connectivity index (χ0n) is 12.5. The lowest BCUT2D eigenvalue weighted by molar-refractivity contribution is 0.00503. The van der Waals surface area contributed by atoms with Crippen LogP contribution in [0.4, 0.5) is 0 Å². The van der Waals surface area contributed by atoms with Crippen LogP contribution in [0.2, 0.25) is 0 Å². The molecule has 0 bridgehead atoms. The first kappa shape index (κ1) is 18.4. The average Bonchev–Trinajstić information content (AvgIpc) is 2.94. The van der Waals surface area contributed by atoms with Gasteiger partial charge in [0.15, 0.2) is 5.78 Å². The highest BCUT2D eigenvalue weighted by molar-refractivity contribution is 9.11. The Morgan fingerprint density at radius 2 is 1.86 bits per heavy atom. The van der Waals surface area contributed by atoms with Gasteiger partial charge in [-0.15, -0.1) is 23.7 Å². The van der Waals surface area contributed by atoms with Gasteiger partial charge in [-0.1, -0.05) is 12.8 Å². The Kier molecular flexibility index (Phi) is 6.90. The van der Waals surface area contributed by atoms with Crippen molar-refractivity contribution in [1.82, 2.24) is 4.90 Å². The average molecular weight is 409 g/mol. The van der Waals surface area contributed by atoms with E-state index in [1.165, 1.54) is 17.8 Å². The fourth-order valence-electron chi connectivity index (χ4n) is 3.66. The van der Waals surface area contributed by atoms with Crippen LogP contribution in [0, 0.1) is 5.92 Å². The van der Waals surface area contributed by atoms with E-state index < -0.39 is 0 Å². The quantitative estimate of drug-likeness (QED) is 0.764. The molecule has 3 rings (SSSR count). The Balaban J connectivity index is 0.00000176. The molecule has 2 fully saturated rings. The summed E-state index contributed by atoms with van der Waals surface area (Å²) >= 11 is 4.96. The van der Waals surface area contributed by atoms with Crippen LogP contribution in [-0.4, -0.2) is 41.0 Å². The Bertz CT molecular complexity index is 502. The van der Waals surface area contributed by atoms with E-state index in [-0.39, 0.29) is 24.4 Å². The molecule has 3 nitrogen and oxygen atoms in total. The molecule has 0 unspecified atom stereocenters. The van der Waals surface area contributed by atoms with Crippen LogP contribution in [-0.2, 0) is 0 Å². The second kappa shape index (κ2) is 8.25. The van der Waals surface area contributed by atoms with E-state index in [9.17, 15) is 9.90 Å². The summed E-state index contributed by atoms with van der Waals surface area (Å²) in [6.07, 6.45) is 6.11. The van der Waals surface area contributed by atoms with Crippen molar-refractivity contribution in [2.45, 2.75) is 50.7 Å². The van der Waals surface area contributed by atoms with E-state index in [0.717, 1.165) is 53.9 Å². The van der Waals surface area contributed by atoms with E-state index >= 15 is 0 Å². The van der Waals surface area contributed by atoms with Gasteiger partial charge in [-0.2, -0.15) is 0 Å². The van der Waals surface area contributed by atoms with Gasteiger partial charge in [-0.25, -0.2) is 0 Å². The summed E-state index contributed by atoms with van der Waals surface area (Å²) in [6, 6.07) is 4.20. The number of aliphatic hydroxyl groups is 1. The molecule has 0 spiro atoms. The van der Waals surface area contributed by atoms with Gasteiger partial charge < -0.3 is 5.11 Å². The zero-order chi connectivity index (χ0) is 14.8. The summed E-state index contributed by atoms with van der Waals surface area (Å²) in [4.78, 5) is 15.8. The number of aliphatic hydroxyl groups excluding tert-OH is 1. The Labute approximate surface area is 150 Å². The molecule has 6 heteroatoms. The van der Waals surface area contributed by atoms with Crippen LogP contribution >= 0.6 is 39.7 Å². The molecular formula is C16H23BrClNO2S. The minimum atomic E-state index is -0.167. The topological polar surface area (TPSA) is 40.5 Å². The molecule has 1 aliphatic carbocycles. The first-order valence-electron chi connectivity index (χ1n) is 7.87. The first-order valence-corrected chi connectivity index (χ1v) is 9.48. The number of likely N-dealkylation sites (tertiary alicyclic amines) is 1. The minimum Gasteiger partial charge on any atom is -0.391 e. The number of ketones is 1. The number of nitrogens with zero attached hydrogens (tertiary/aromatic N) is 1. The van der Waals surface area contributed by atoms with Crippen molar-refractivity contribution >= 4 is 45.5 Å². The summed E-state index contributed by atoms with van der Waals surface area (Å²) in [5, 5.41) is 10.2. The lowest BCUT2D eigenvalue weighted by Crippen LogP contribution is -2.49. The zero-order valence-corrected chi connectivity index (χ0v) is 15.8. The molecule has 124 valence electrons. The van der Waals surface area contributed by atoms with Crippen molar-refractivity contribution in [3.63, 3.8) is 0 Å². The molecule has 1 N–H and O–H groups in total. The maximum Gasteiger partial charge on any atom is 0.175 e. The lowest BCUT2D eigenvalue weighted by Gasteiger charge is -2.41. The molecule has 0 amide bonds. The molecule has 1 aromatic rings. The van der Waals surface area contributed by atoms with E-state index in [0.29, 0.717) is 11.8 Å². The van der Waals surface area contributed by atoms with Crippen molar-refractivity contribution in [2.24, 2.45) is 5.92 Å². The number of carbonyl (C=O) groups excluding carboxylic acids is 1. The molecule has 1 aromatic heterocycles. The van der Waals surface area contributed by atoms with Crippen LogP contribution in [0.3, 0.4) is 0 Å². The van der Waals surface area contributed by atoms with Crippen molar-refractivity contribution in [2.75, 3.05) is 13.1 Å². The maximum atomic E-state index is 12.5. The molecule has 1 saturated carbocycles. The molecule has 2 aliphatic rings. The highest BCUT2D eigenvalue weighted by Gasteiger charge is 2.33. The molecular weight excluding hydrogens is 386 g/mol. The van der Waals surface area contributed by atoms with Crippen molar-refractivity contribution in [3.05, 3.63) is 20.8 Å². The molecule has 0 radical (unpaired) electrons. The van der Waals surface area contributed by atoms with Crippen LogP contribution in [0.25, 0.3) is 0 Å². The summed E-state index contributed by atoms with van der Waals surface area (Å²) in [6.45, 7) is 1.90. The number of carbonyl (C=O) groups is 1. The van der Waals surface area contributed by atoms with Crippen molar-refractivity contribution < 1.29 is 9.90 Å². The number of Topliss-reactive ketones (excluding diaryl/α,β-unsaturated/α-hetero) is 1. The fourth-order valence-corrected chi connectivity index (χ4v) is 5.06. The van der Waals surface area contributed by atoms with Gasteiger partial charge >= 0.3 is 0 Å². The summed E-state index contributed by atoms with van der Waals surface area (Å²) in [5.74, 6) is 0.460. The molecule has 2 atom stereocenters. The monoisotopic (exact) mass is 407 g/mol. The van der Waals surface area contributed by atoms with Crippen molar-refractivity contribution in [1.29, 1.82) is 0 Å². The summed E-state index contributed by atoms with van der Waals surface area (Å²) < 4.78 is 1.02. The van der Waals surface area contributed by atoms with Crippen LogP contribution in [0.1, 0.15) is 48.2 Å². The SMILES string of the molecule is Cl.O=C(c1ccc(Br)s1)C1CCN([C@@H]2CCCC[C@H]2O)CC1. The standard InChI is InChI=1S/C16H22BrNO2S.ClH/c17-15-6-5-14(21-15)16(20)11-7-9-18(10-8-11)12-3-1-2-4-13(12)19;/h5-6,11-13,19H,1-4,7-10H2;1H/t12-,13-;/m1./s1. The molecule has 22 heavy (non-hydrogen) atoms. The van der Waals surface area contributed by atoms with Gasteiger partial charge in [-0.05, 0) is 66.8 Å². The number of thiophene rings is 1. The van der Waals surface area contributed by atoms with Crippen LogP contribution in [0.5, 0.6) is 0 Å². The fraction of sp³-hybridized carbons (Fsp3) is 0.688.